The number of ether oxygens (including phenoxy) is 3. The van der Waals surface area contributed by atoms with Gasteiger partial charge in [0.2, 0.25) is 0 Å². The van der Waals surface area contributed by atoms with Crippen molar-refractivity contribution in [1.29, 1.82) is 0 Å². The number of benzene rings is 3. The highest BCUT2D eigenvalue weighted by molar-refractivity contribution is 7.91. The first-order valence-electron chi connectivity index (χ1n) is 11.9. The predicted octanol–water partition coefficient (Wildman–Crippen LogP) is 5.14. The van der Waals surface area contributed by atoms with Crippen LogP contribution in [-0.2, 0) is 9.84 Å². The third-order valence-corrected chi connectivity index (χ3v) is 8.65. The van der Waals surface area contributed by atoms with E-state index in [-0.39, 0.29) is 5.75 Å². The standard InChI is InChI=1S/C27H27N3O5S2/c1-3-37(31,32)21-10-6-19(7-11-21)25(35-20-8-4-18(5-9-20)16-28-2)17-29-27-30-22-14-23-24(15-26(22)36-27)34-13-12-33-23/h4-11,14-16,25H,3,12-13,17H2,1-2H3,(H,29,30)/b28-16+. The van der Waals surface area contributed by atoms with Crippen LogP contribution in [0.1, 0.15) is 24.2 Å². The van der Waals surface area contributed by atoms with Crippen LogP contribution in [0, 0.1) is 0 Å². The second-order valence-electron chi connectivity index (χ2n) is 8.40. The van der Waals surface area contributed by atoms with Gasteiger partial charge in [-0.2, -0.15) is 0 Å². The van der Waals surface area contributed by atoms with Gasteiger partial charge in [0, 0.05) is 25.4 Å². The molecule has 8 nitrogen and oxygen atoms in total. The summed E-state index contributed by atoms with van der Waals surface area (Å²) in [4.78, 5) is 9.04. The lowest BCUT2D eigenvalue weighted by Crippen LogP contribution is -2.18. The summed E-state index contributed by atoms with van der Waals surface area (Å²) in [6.45, 7) is 3.12. The Balaban J connectivity index is 1.39. The van der Waals surface area contributed by atoms with Gasteiger partial charge in [-0.1, -0.05) is 30.4 Å². The smallest absolute Gasteiger partial charge is 0.183 e. The van der Waals surface area contributed by atoms with Crippen LogP contribution < -0.4 is 19.5 Å². The summed E-state index contributed by atoms with van der Waals surface area (Å²) in [5.74, 6) is 2.18. The minimum absolute atomic E-state index is 0.0539. The molecule has 4 aromatic rings. The summed E-state index contributed by atoms with van der Waals surface area (Å²) < 4.78 is 43.2. The van der Waals surface area contributed by atoms with Crippen molar-refractivity contribution in [1.82, 2.24) is 4.98 Å². The number of aliphatic imine (C=N–C) groups is 1. The molecular weight excluding hydrogens is 510 g/mol. The number of sulfone groups is 1. The summed E-state index contributed by atoms with van der Waals surface area (Å²) in [6, 6.07) is 18.4. The van der Waals surface area contributed by atoms with Crippen LogP contribution >= 0.6 is 11.3 Å². The first kappa shape index (κ1) is 25.0. The summed E-state index contributed by atoms with van der Waals surface area (Å²) in [6.07, 6.45) is 1.38. The summed E-state index contributed by atoms with van der Waals surface area (Å²) in [7, 11) is -1.56. The molecule has 0 radical (unpaired) electrons. The van der Waals surface area contributed by atoms with Crippen LogP contribution in [0.4, 0.5) is 5.13 Å². The van der Waals surface area contributed by atoms with Crippen molar-refractivity contribution in [3.63, 3.8) is 0 Å². The van der Waals surface area contributed by atoms with Gasteiger partial charge < -0.3 is 19.5 Å². The van der Waals surface area contributed by atoms with Gasteiger partial charge in [0.15, 0.2) is 26.5 Å². The van der Waals surface area contributed by atoms with Crippen LogP contribution in [0.3, 0.4) is 0 Å². The van der Waals surface area contributed by atoms with E-state index in [4.69, 9.17) is 19.2 Å². The van der Waals surface area contributed by atoms with Crippen molar-refractivity contribution in [2.75, 3.05) is 37.9 Å². The zero-order valence-electron chi connectivity index (χ0n) is 20.5. The SMILES string of the molecule is CCS(=O)(=O)c1ccc(C(CNc2nc3cc4c(cc3s2)OCCO4)Oc2ccc(/C=N/C)cc2)cc1. The average molecular weight is 538 g/mol. The van der Waals surface area contributed by atoms with E-state index >= 15 is 0 Å². The Morgan fingerprint density at radius 3 is 2.46 bits per heavy atom. The number of nitrogens with one attached hydrogen (secondary N) is 1. The number of rotatable bonds is 9. The maximum absolute atomic E-state index is 12.3. The Hall–Kier alpha value is -3.63. The summed E-state index contributed by atoms with van der Waals surface area (Å²) in [5.41, 5.74) is 2.65. The average Bonchev–Trinajstić information content (AvgIpc) is 3.32. The maximum atomic E-state index is 12.3. The molecule has 1 aliphatic heterocycles. The molecule has 3 aromatic carbocycles. The van der Waals surface area contributed by atoms with E-state index in [2.05, 4.69) is 10.3 Å². The summed E-state index contributed by atoms with van der Waals surface area (Å²) in [5, 5.41) is 4.13. The molecule has 5 rings (SSSR count). The van der Waals surface area contributed by atoms with Gasteiger partial charge in [-0.15, -0.1) is 0 Å². The van der Waals surface area contributed by atoms with Crippen molar-refractivity contribution in [3.05, 3.63) is 71.8 Å². The molecule has 0 amide bonds. The Kier molecular flexibility index (Phi) is 7.29. The number of thiazole rings is 1. The van der Waals surface area contributed by atoms with E-state index < -0.39 is 15.9 Å². The van der Waals surface area contributed by atoms with Crippen molar-refractivity contribution < 1.29 is 22.6 Å². The number of hydrogen-bond acceptors (Lipinski definition) is 9. The number of anilines is 1. The van der Waals surface area contributed by atoms with Gasteiger partial charge in [0.05, 0.1) is 27.4 Å². The molecule has 0 bridgehead atoms. The first-order valence-corrected chi connectivity index (χ1v) is 14.4. The minimum Gasteiger partial charge on any atom is -0.486 e. The number of fused-ring (bicyclic) bond motifs is 2. The van der Waals surface area contributed by atoms with Crippen molar-refractivity contribution in [2.24, 2.45) is 4.99 Å². The zero-order valence-corrected chi connectivity index (χ0v) is 22.1. The van der Waals surface area contributed by atoms with E-state index in [1.165, 1.54) is 11.3 Å². The van der Waals surface area contributed by atoms with Gasteiger partial charge in [0.1, 0.15) is 25.1 Å². The highest BCUT2D eigenvalue weighted by Crippen LogP contribution is 2.38. The van der Waals surface area contributed by atoms with E-state index in [9.17, 15) is 8.42 Å². The van der Waals surface area contributed by atoms with Crippen LogP contribution in [0.25, 0.3) is 10.2 Å². The second kappa shape index (κ2) is 10.8. The first-order chi connectivity index (χ1) is 17.9. The second-order valence-corrected chi connectivity index (χ2v) is 11.7. The van der Waals surface area contributed by atoms with Crippen molar-refractivity contribution >= 4 is 42.7 Å². The highest BCUT2D eigenvalue weighted by atomic mass is 32.2. The van der Waals surface area contributed by atoms with E-state index in [0.717, 1.165) is 32.2 Å². The Bertz CT molecular complexity index is 1470. The quantitative estimate of drug-likeness (QED) is 0.295. The minimum atomic E-state index is -3.28. The van der Waals surface area contributed by atoms with Gasteiger partial charge in [-0.25, -0.2) is 13.4 Å². The fourth-order valence-electron chi connectivity index (χ4n) is 3.95. The van der Waals surface area contributed by atoms with Crippen LogP contribution in [0.15, 0.2) is 70.6 Å². The van der Waals surface area contributed by atoms with E-state index in [0.29, 0.717) is 36.2 Å². The molecular formula is C27H27N3O5S2. The molecule has 192 valence electrons. The van der Waals surface area contributed by atoms with Crippen LogP contribution in [-0.4, -0.2) is 52.2 Å². The van der Waals surface area contributed by atoms with Gasteiger partial charge >= 0.3 is 0 Å². The highest BCUT2D eigenvalue weighted by Gasteiger charge is 2.19. The largest absolute Gasteiger partial charge is 0.486 e. The molecule has 1 unspecified atom stereocenters. The van der Waals surface area contributed by atoms with Crippen molar-refractivity contribution in [2.45, 2.75) is 17.9 Å². The molecule has 0 aliphatic carbocycles. The number of nitrogens with zero attached hydrogens (tertiary/aromatic N) is 2. The maximum Gasteiger partial charge on any atom is 0.183 e. The zero-order chi connectivity index (χ0) is 25.8. The van der Waals surface area contributed by atoms with Crippen LogP contribution in [0.5, 0.6) is 17.2 Å². The Labute approximate surface area is 219 Å². The Morgan fingerprint density at radius 2 is 1.78 bits per heavy atom. The third kappa shape index (κ3) is 5.70. The van der Waals surface area contributed by atoms with Crippen molar-refractivity contribution in [3.8, 4) is 17.2 Å². The lowest BCUT2D eigenvalue weighted by atomic mass is 10.1. The molecule has 1 aromatic heterocycles. The normalized spacial score (nSPS) is 14.1. The van der Waals surface area contributed by atoms with E-state index in [1.54, 1.807) is 44.5 Å². The topological polar surface area (TPSA) is 99.1 Å². The van der Waals surface area contributed by atoms with E-state index in [1.807, 2.05) is 36.4 Å². The van der Waals surface area contributed by atoms with Gasteiger partial charge in [0.25, 0.3) is 0 Å². The van der Waals surface area contributed by atoms with Gasteiger partial charge in [-0.3, -0.25) is 4.99 Å². The molecule has 0 spiro atoms. The molecule has 1 aliphatic rings. The number of aromatic nitrogens is 1. The third-order valence-electron chi connectivity index (χ3n) is 5.92. The predicted molar refractivity (Wildman–Crippen MR) is 147 cm³/mol. The molecule has 0 saturated carbocycles. The lowest BCUT2D eigenvalue weighted by molar-refractivity contribution is 0.172. The molecule has 1 N–H and O–H groups in total. The summed E-state index contributed by atoms with van der Waals surface area (Å²) >= 11 is 1.52. The van der Waals surface area contributed by atoms with Crippen LogP contribution in [0.2, 0.25) is 0 Å². The molecule has 2 heterocycles. The van der Waals surface area contributed by atoms with Gasteiger partial charge in [-0.05, 0) is 47.5 Å². The monoisotopic (exact) mass is 537 g/mol. The Morgan fingerprint density at radius 1 is 1.08 bits per heavy atom. The molecule has 1 atom stereocenters. The molecule has 0 saturated heterocycles. The molecule has 37 heavy (non-hydrogen) atoms. The fourth-order valence-corrected chi connectivity index (χ4v) is 5.72. The fraction of sp³-hybridized carbons (Fsp3) is 0.259. The molecule has 0 fully saturated rings. The lowest BCUT2D eigenvalue weighted by Gasteiger charge is -2.20. The number of hydrogen-bond donors (Lipinski definition) is 1. The molecule has 10 heteroatoms.